The number of methoxy groups -OCH3 is 1. The van der Waals surface area contributed by atoms with Gasteiger partial charge in [0.25, 0.3) is 0 Å². The van der Waals surface area contributed by atoms with Gasteiger partial charge in [0.05, 0.1) is 30.3 Å². The van der Waals surface area contributed by atoms with Crippen molar-refractivity contribution in [1.82, 2.24) is 10.3 Å². The fourth-order valence-corrected chi connectivity index (χ4v) is 5.02. The lowest BCUT2D eigenvalue weighted by Crippen LogP contribution is -2.43. The summed E-state index contributed by atoms with van der Waals surface area (Å²) in [5.74, 6) is 1.41. The summed E-state index contributed by atoms with van der Waals surface area (Å²) >= 11 is 0. The van der Waals surface area contributed by atoms with E-state index in [0.29, 0.717) is 25.3 Å². The molecular weight excluding hydrogens is 548 g/mol. The van der Waals surface area contributed by atoms with Crippen molar-refractivity contribution in [1.29, 1.82) is 0 Å². The Balaban J connectivity index is 1.26. The zero-order chi connectivity index (χ0) is 30.6. The van der Waals surface area contributed by atoms with E-state index in [4.69, 9.17) is 28.8 Å². The number of amides is 1. The van der Waals surface area contributed by atoms with Crippen molar-refractivity contribution in [2.24, 2.45) is 5.16 Å². The molecule has 1 aromatic carbocycles. The molecule has 2 aromatic rings. The highest BCUT2D eigenvalue weighted by Gasteiger charge is 2.30. The summed E-state index contributed by atoms with van der Waals surface area (Å²) in [4.78, 5) is 25.0. The van der Waals surface area contributed by atoms with Gasteiger partial charge < -0.3 is 34.0 Å². The van der Waals surface area contributed by atoms with Gasteiger partial charge in [0, 0.05) is 38.2 Å². The summed E-state index contributed by atoms with van der Waals surface area (Å²) < 4.78 is 23.1. The Hall–Kier alpha value is -3.79. The molecule has 3 heterocycles. The smallest absolute Gasteiger partial charge is 0.407 e. The number of anilines is 1. The van der Waals surface area contributed by atoms with Crippen LogP contribution in [0.5, 0.6) is 11.5 Å². The lowest BCUT2D eigenvalue weighted by molar-refractivity contribution is -0.0808. The van der Waals surface area contributed by atoms with Crippen LogP contribution in [0.1, 0.15) is 56.5 Å². The van der Waals surface area contributed by atoms with Crippen molar-refractivity contribution in [3.63, 3.8) is 0 Å². The van der Waals surface area contributed by atoms with Crippen LogP contribution < -0.4 is 19.7 Å². The summed E-state index contributed by atoms with van der Waals surface area (Å²) in [5.41, 5.74) is 5.73. The van der Waals surface area contributed by atoms with Crippen molar-refractivity contribution in [3.8, 4) is 11.5 Å². The van der Waals surface area contributed by atoms with Crippen LogP contribution in [0.3, 0.4) is 0 Å². The van der Waals surface area contributed by atoms with E-state index in [1.54, 1.807) is 7.11 Å². The minimum atomic E-state index is -0.482. The van der Waals surface area contributed by atoms with Gasteiger partial charge in [0.1, 0.15) is 36.9 Å². The molecule has 0 fully saturated rings. The Morgan fingerprint density at radius 1 is 1.19 bits per heavy atom. The Bertz CT molecular complexity index is 1250. The first-order chi connectivity index (χ1) is 20.9. The van der Waals surface area contributed by atoms with E-state index in [0.717, 1.165) is 55.9 Å². The Morgan fingerprint density at radius 2 is 1.98 bits per heavy atom. The van der Waals surface area contributed by atoms with Crippen LogP contribution in [-0.2, 0) is 20.7 Å². The monoisotopic (exact) mass is 594 g/mol. The van der Waals surface area contributed by atoms with Crippen LogP contribution in [0.15, 0.2) is 47.6 Å². The summed E-state index contributed by atoms with van der Waals surface area (Å²) in [7, 11) is 1.62. The van der Waals surface area contributed by atoms with E-state index < -0.39 is 18.3 Å². The molecule has 43 heavy (non-hydrogen) atoms. The number of nitrogens with one attached hydrogen (secondary N) is 1. The van der Waals surface area contributed by atoms with E-state index in [9.17, 15) is 4.79 Å². The fraction of sp³-hybridized carbons (Fsp3) is 0.545. The first kappa shape index (κ1) is 32.1. The molecule has 3 atom stereocenters. The lowest BCUT2D eigenvalue weighted by atomic mass is 10.0. The molecule has 10 nitrogen and oxygen atoms in total. The van der Waals surface area contributed by atoms with E-state index in [1.807, 2.05) is 50.3 Å². The number of pyridine rings is 1. The molecule has 234 valence electrons. The third kappa shape index (κ3) is 9.61. The molecule has 0 aliphatic carbocycles. The van der Waals surface area contributed by atoms with Crippen LogP contribution in [0.4, 0.5) is 10.5 Å². The zero-order valence-corrected chi connectivity index (χ0v) is 26.1. The number of carbonyl (C=O) groups excluding carboxylic acids is 1. The van der Waals surface area contributed by atoms with Gasteiger partial charge >= 0.3 is 6.09 Å². The quantitative estimate of drug-likeness (QED) is 0.132. The third-order valence-electron chi connectivity index (χ3n) is 7.62. The number of aryl methyl sites for hydroxylation is 3. The maximum atomic E-state index is 12.1. The SMILES string of the molecule is CCCNC(=O)OC[C@H]1O[C@H](CCO/N=C(\C)CCN2CCCc3nc(C)c(C)cc32)C=C[C@@H]1Oc1ccc(OC)cc1. The highest BCUT2D eigenvalue weighted by atomic mass is 16.6. The van der Waals surface area contributed by atoms with Gasteiger partial charge in [-0.15, -0.1) is 0 Å². The number of aromatic nitrogens is 1. The molecule has 0 radical (unpaired) electrons. The second kappa shape index (κ2) is 16.2. The second-order valence-electron chi connectivity index (χ2n) is 11.0. The van der Waals surface area contributed by atoms with Crippen molar-refractivity contribution in [2.75, 3.05) is 44.9 Å². The fourth-order valence-electron chi connectivity index (χ4n) is 5.02. The van der Waals surface area contributed by atoms with Crippen LogP contribution in [0.2, 0.25) is 0 Å². The first-order valence-electron chi connectivity index (χ1n) is 15.3. The maximum absolute atomic E-state index is 12.1. The number of hydrogen-bond donors (Lipinski definition) is 1. The Kier molecular flexibility index (Phi) is 12.1. The van der Waals surface area contributed by atoms with Crippen LogP contribution in [0.25, 0.3) is 0 Å². The number of nitrogens with zero attached hydrogens (tertiary/aromatic N) is 3. The molecule has 0 saturated carbocycles. The highest BCUT2D eigenvalue weighted by molar-refractivity contribution is 5.82. The van der Waals surface area contributed by atoms with Gasteiger partial charge in [0.2, 0.25) is 0 Å². The maximum Gasteiger partial charge on any atom is 0.407 e. The average Bonchev–Trinajstić information content (AvgIpc) is 3.01. The average molecular weight is 595 g/mol. The lowest BCUT2D eigenvalue weighted by Gasteiger charge is -2.32. The summed E-state index contributed by atoms with van der Waals surface area (Å²) in [6.45, 7) is 11.1. The van der Waals surface area contributed by atoms with E-state index in [1.165, 1.54) is 16.9 Å². The Labute approximate surface area is 255 Å². The topological polar surface area (TPSA) is 104 Å². The number of fused-ring (bicyclic) bond motifs is 1. The number of oxime groups is 1. The molecule has 2 aliphatic rings. The number of benzene rings is 1. The van der Waals surface area contributed by atoms with E-state index in [-0.39, 0.29) is 12.7 Å². The predicted octanol–water partition coefficient (Wildman–Crippen LogP) is 5.54. The van der Waals surface area contributed by atoms with Gasteiger partial charge in [-0.3, -0.25) is 4.98 Å². The Morgan fingerprint density at radius 3 is 2.74 bits per heavy atom. The number of alkyl carbamates (subject to hydrolysis) is 1. The molecule has 0 bridgehead atoms. The van der Waals surface area contributed by atoms with E-state index >= 15 is 0 Å². The molecule has 0 saturated heterocycles. The predicted molar refractivity (Wildman–Crippen MR) is 167 cm³/mol. The van der Waals surface area contributed by atoms with Crippen molar-refractivity contribution >= 4 is 17.5 Å². The summed E-state index contributed by atoms with van der Waals surface area (Å²) in [5, 5.41) is 7.08. The molecule has 0 spiro atoms. The van der Waals surface area contributed by atoms with E-state index in [2.05, 4.69) is 35.3 Å². The highest BCUT2D eigenvalue weighted by Crippen LogP contribution is 2.28. The van der Waals surface area contributed by atoms with Crippen molar-refractivity contribution in [2.45, 2.75) is 78.1 Å². The molecule has 2 aliphatic heterocycles. The standard InChI is InChI=1S/C33H46N4O6/c1-6-17-34-33(38)40-22-32-31(42-27-11-9-26(39-5)10-12-27)14-13-28(43-32)16-20-41-36-24(3)15-19-37-18-7-8-29-30(37)21-23(2)25(4)35-29/h9-14,21,28,31-32H,6-8,15-20,22H2,1-5H3,(H,34,38)/b36-24+/t28-,31-,32+/m0/s1. The normalized spacial score (nSPS) is 19.9. The van der Waals surface area contributed by atoms with Crippen LogP contribution in [0, 0.1) is 13.8 Å². The van der Waals surface area contributed by atoms with Crippen LogP contribution >= 0.6 is 0 Å². The minimum absolute atomic E-state index is 0.0591. The number of rotatable bonds is 14. The molecule has 10 heteroatoms. The molecular formula is C33H46N4O6. The molecule has 1 amide bonds. The number of hydrogen-bond acceptors (Lipinski definition) is 9. The second-order valence-corrected chi connectivity index (χ2v) is 11.0. The third-order valence-corrected chi connectivity index (χ3v) is 7.62. The van der Waals surface area contributed by atoms with Gasteiger partial charge in [0.15, 0.2) is 0 Å². The van der Waals surface area contributed by atoms with Gasteiger partial charge in [-0.1, -0.05) is 18.2 Å². The number of ether oxygens (including phenoxy) is 4. The minimum Gasteiger partial charge on any atom is -0.497 e. The van der Waals surface area contributed by atoms with Gasteiger partial charge in [-0.2, -0.15) is 0 Å². The first-order valence-corrected chi connectivity index (χ1v) is 15.3. The zero-order valence-electron chi connectivity index (χ0n) is 26.1. The van der Waals surface area contributed by atoms with Crippen LogP contribution in [-0.4, -0.2) is 75.1 Å². The summed E-state index contributed by atoms with van der Waals surface area (Å²) in [6, 6.07) is 9.60. The molecule has 0 unspecified atom stereocenters. The molecule has 4 rings (SSSR count). The number of carbonyl (C=O) groups is 1. The largest absolute Gasteiger partial charge is 0.497 e. The molecule has 1 aromatic heterocycles. The van der Waals surface area contributed by atoms with Crippen molar-refractivity contribution < 1.29 is 28.6 Å². The van der Waals surface area contributed by atoms with Gasteiger partial charge in [-0.25, -0.2) is 4.79 Å². The molecule has 1 N–H and O–H groups in total. The summed E-state index contributed by atoms with van der Waals surface area (Å²) in [6.07, 6.45) is 6.73. The van der Waals surface area contributed by atoms with Crippen molar-refractivity contribution in [3.05, 3.63) is 59.4 Å². The van der Waals surface area contributed by atoms with Gasteiger partial charge in [-0.05, 0) is 82.0 Å².